The highest BCUT2D eigenvalue weighted by Crippen LogP contribution is 2.19. The van der Waals surface area contributed by atoms with Crippen LogP contribution in [0, 0.1) is 5.92 Å². The van der Waals surface area contributed by atoms with Crippen molar-refractivity contribution < 1.29 is 9.59 Å². The number of benzene rings is 1. The molecule has 0 saturated carbocycles. The maximum atomic E-state index is 12.1. The smallest absolute Gasteiger partial charge is 0.252 e. The lowest BCUT2D eigenvalue weighted by Gasteiger charge is -2.17. The van der Waals surface area contributed by atoms with E-state index in [0.717, 1.165) is 5.56 Å². The average Bonchev–Trinajstić information content (AvgIpc) is 2.94. The first-order valence-corrected chi connectivity index (χ1v) is 7.93. The molecule has 3 N–H and O–H groups in total. The fourth-order valence-corrected chi connectivity index (χ4v) is 2.83. The molecule has 1 saturated heterocycles. The van der Waals surface area contributed by atoms with Gasteiger partial charge >= 0.3 is 0 Å². The van der Waals surface area contributed by atoms with Crippen molar-refractivity contribution in [3.8, 4) is 0 Å². The molecule has 6 nitrogen and oxygen atoms in total. The Labute approximate surface area is 140 Å². The lowest BCUT2D eigenvalue weighted by molar-refractivity contribution is -0.128. The van der Waals surface area contributed by atoms with Gasteiger partial charge in [0.2, 0.25) is 5.91 Å². The van der Waals surface area contributed by atoms with Gasteiger partial charge in [-0.2, -0.15) is 0 Å². The summed E-state index contributed by atoms with van der Waals surface area (Å²) in [6.07, 6.45) is 1.92. The van der Waals surface area contributed by atoms with Gasteiger partial charge < -0.3 is 16.0 Å². The predicted molar refractivity (Wildman–Crippen MR) is 90.9 cm³/mol. The predicted octanol–water partition coefficient (Wildman–Crippen LogP) is 1.44. The quantitative estimate of drug-likeness (QED) is 0.871. The molecule has 1 aliphatic heterocycles. The maximum Gasteiger partial charge on any atom is 0.252 e. The Morgan fingerprint density at radius 2 is 2.04 bits per heavy atom. The van der Waals surface area contributed by atoms with Crippen molar-refractivity contribution in [1.82, 2.24) is 15.2 Å². The van der Waals surface area contributed by atoms with Crippen LogP contribution in [0.25, 0.3) is 0 Å². The Bertz CT molecular complexity index is 716. The van der Waals surface area contributed by atoms with Crippen LogP contribution in [0.15, 0.2) is 48.7 Å². The summed E-state index contributed by atoms with van der Waals surface area (Å²) in [5.41, 5.74) is 7.09. The number of hydrogen-bond donors (Lipinski definition) is 2. The van der Waals surface area contributed by atoms with Gasteiger partial charge in [0.05, 0.1) is 5.56 Å². The number of pyridine rings is 1. The van der Waals surface area contributed by atoms with Gasteiger partial charge in [-0.1, -0.05) is 30.3 Å². The number of hydrogen-bond acceptors (Lipinski definition) is 4. The number of nitrogen functional groups attached to an aromatic ring is 1. The number of nitrogens with one attached hydrogen (secondary N) is 1. The van der Waals surface area contributed by atoms with Crippen LogP contribution in [0.1, 0.15) is 22.3 Å². The molecule has 3 rings (SSSR count). The van der Waals surface area contributed by atoms with Gasteiger partial charge in [0.15, 0.2) is 0 Å². The van der Waals surface area contributed by atoms with Crippen molar-refractivity contribution in [2.24, 2.45) is 5.92 Å². The van der Waals surface area contributed by atoms with Gasteiger partial charge in [0.1, 0.15) is 5.82 Å². The summed E-state index contributed by atoms with van der Waals surface area (Å²) >= 11 is 0. The van der Waals surface area contributed by atoms with E-state index in [1.54, 1.807) is 12.1 Å². The van der Waals surface area contributed by atoms with Crippen molar-refractivity contribution in [3.05, 3.63) is 59.8 Å². The SMILES string of the molecule is Nc1ccc(C(=O)NCC2CC(=O)N(Cc3ccccc3)C2)cn1. The normalized spacial score (nSPS) is 17.1. The molecule has 0 radical (unpaired) electrons. The Morgan fingerprint density at radius 1 is 1.25 bits per heavy atom. The molecule has 2 heterocycles. The minimum absolute atomic E-state index is 0.131. The second-order valence-corrected chi connectivity index (χ2v) is 6.01. The van der Waals surface area contributed by atoms with Crippen LogP contribution in [0.2, 0.25) is 0 Å². The minimum Gasteiger partial charge on any atom is -0.384 e. The van der Waals surface area contributed by atoms with Crippen molar-refractivity contribution in [3.63, 3.8) is 0 Å². The van der Waals surface area contributed by atoms with Crippen molar-refractivity contribution in [1.29, 1.82) is 0 Å². The monoisotopic (exact) mass is 324 g/mol. The van der Waals surface area contributed by atoms with E-state index in [2.05, 4.69) is 10.3 Å². The summed E-state index contributed by atoms with van der Waals surface area (Å²) in [7, 11) is 0. The van der Waals surface area contributed by atoms with E-state index in [1.807, 2.05) is 35.2 Å². The van der Waals surface area contributed by atoms with Crippen LogP contribution in [0.5, 0.6) is 0 Å². The number of anilines is 1. The third-order valence-electron chi connectivity index (χ3n) is 4.11. The molecule has 1 aliphatic rings. The van der Waals surface area contributed by atoms with Crippen molar-refractivity contribution in [2.45, 2.75) is 13.0 Å². The summed E-state index contributed by atoms with van der Waals surface area (Å²) < 4.78 is 0. The molecular weight excluding hydrogens is 304 g/mol. The minimum atomic E-state index is -0.198. The third kappa shape index (κ3) is 3.90. The zero-order chi connectivity index (χ0) is 16.9. The Morgan fingerprint density at radius 3 is 2.75 bits per heavy atom. The van der Waals surface area contributed by atoms with E-state index in [1.165, 1.54) is 6.20 Å². The van der Waals surface area contributed by atoms with E-state index in [0.29, 0.717) is 37.4 Å². The Kier molecular flexibility index (Phi) is 4.74. The average molecular weight is 324 g/mol. The van der Waals surface area contributed by atoms with E-state index in [4.69, 9.17) is 5.73 Å². The molecule has 0 spiro atoms. The fraction of sp³-hybridized carbons (Fsp3) is 0.278. The summed E-state index contributed by atoms with van der Waals surface area (Å²) in [4.78, 5) is 30.0. The van der Waals surface area contributed by atoms with Gasteiger partial charge in [0.25, 0.3) is 5.91 Å². The Balaban J connectivity index is 1.51. The van der Waals surface area contributed by atoms with E-state index < -0.39 is 0 Å². The van der Waals surface area contributed by atoms with Gasteiger partial charge in [-0.3, -0.25) is 9.59 Å². The first kappa shape index (κ1) is 16.0. The van der Waals surface area contributed by atoms with Crippen LogP contribution in [0.3, 0.4) is 0 Å². The number of carbonyl (C=O) groups is 2. The van der Waals surface area contributed by atoms with Gasteiger partial charge in [-0.25, -0.2) is 4.98 Å². The van der Waals surface area contributed by atoms with E-state index >= 15 is 0 Å². The molecule has 1 fully saturated rings. The number of nitrogens with zero attached hydrogens (tertiary/aromatic N) is 2. The molecule has 2 amide bonds. The van der Waals surface area contributed by atoms with Gasteiger partial charge in [-0.15, -0.1) is 0 Å². The van der Waals surface area contributed by atoms with Crippen molar-refractivity contribution in [2.75, 3.05) is 18.8 Å². The summed E-state index contributed by atoms with van der Waals surface area (Å²) in [6, 6.07) is 13.1. The molecule has 6 heteroatoms. The molecular formula is C18H20N4O2. The first-order valence-electron chi connectivity index (χ1n) is 7.93. The molecule has 1 aromatic heterocycles. The fourth-order valence-electron chi connectivity index (χ4n) is 2.83. The molecule has 1 unspecified atom stereocenters. The number of nitrogens with two attached hydrogens (primary N) is 1. The topological polar surface area (TPSA) is 88.3 Å². The number of rotatable bonds is 5. The van der Waals surface area contributed by atoms with Crippen LogP contribution < -0.4 is 11.1 Å². The molecule has 1 aromatic carbocycles. The van der Waals surface area contributed by atoms with Gasteiger partial charge in [0, 0.05) is 38.2 Å². The number of carbonyl (C=O) groups excluding carboxylic acids is 2. The highest BCUT2D eigenvalue weighted by atomic mass is 16.2. The lowest BCUT2D eigenvalue weighted by atomic mass is 10.1. The molecule has 0 bridgehead atoms. The number of amides is 2. The zero-order valence-electron chi connectivity index (χ0n) is 13.3. The summed E-state index contributed by atoms with van der Waals surface area (Å²) in [6.45, 7) is 1.75. The zero-order valence-corrected chi connectivity index (χ0v) is 13.3. The van der Waals surface area contributed by atoms with E-state index in [9.17, 15) is 9.59 Å². The maximum absolute atomic E-state index is 12.1. The second kappa shape index (κ2) is 7.12. The number of likely N-dealkylation sites (tertiary alicyclic amines) is 1. The largest absolute Gasteiger partial charge is 0.384 e. The third-order valence-corrected chi connectivity index (χ3v) is 4.11. The van der Waals surface area contributed by atoms with Crippen LogP contribution in [-0.4, -0.2) is 34.8 Å². The van der Waals surface area contributed by atoms with Gasteiger partial charge in [-0.05, 0) is 17.7 Å². The molecule has 24 heavy (non-hydrogen) atoms. The van der Waals surface area contributed by atoms with E-state index in [-0.39, 0.29) is 17.7 Å². The molecule has 124 valence electrons. The highest BCUT2D eigenvalue weighted by molar-refractivity contribution is 5.94. The molecule has 2 aromatic rings. The summed E-state index contributed by atoms with van der Waals surface area (Å²) in [5, 5.41) is 2.87. The number of aromatic nitrogens is 1. The highest BCUT2D eigenvalue weighted by Gasteiger charge is 2.29. The first-order chi connectivity index (χ1) is 11.6. The van der Waals surface area contributed by atoms with Crippen LogP contribution in [0.4, 0.5) is 5.82 Å². The molecule has 0 aliphatic carbocycles. The molecule has 1 atom stereocenters. The lowest BCUT2D eigenvalue weighted by Crippen LogP contribution is -2.31. The summed E-state index contributed by atoms with van der Waals surface area (Å²) in [5.74, 6) is 0.445. The second-order valence-electron chi connectivity index (χ2n) is 6.01. The van der Waals surface area contributed by atoms with Crippen LogP contribution in [-0.2, 0) is 11.3 Å². The van der Waals surface area contributed by atoms with Crippen molar-refractivity contribution >= 4 is 17.6 Å². The van der Waals surface area contributed by atoms with Crippen LogP contribution >= 0.6 is 0 Å². The Hall–Kier alpha value is -2.89. The standard InChI is InChI=1S/C18H20N4O2/c19-16-7-6-15(10-20-16)18(24)21-9-14-8-17(23)22(12-14)11-13-4-2-1-3-5-13/h1-7,10,14H,8-9,11-12H2,(H2,19,20)(H,21,24).